The van der Waals surface area contributed by atoms with Crippen molar-refractivity contribution < 1.29 is 9.53 Å². The molecule has 1 aromatic rings. The van der Waals surface area contributed by atoms with Crippen molar-refractivity contribution in [3.05, 3.63) is 18.6 Å². The second-order valence-corrected chi connectivity index (χ2v) is 6.32. The molecule has 6 nitrogen and oxygen atoms in total. The number of rotatable bonds is 3. The summed E-state index contributed by atoms with van der Waals surface area (Å²) in [4.78, 5) is 24.9. The summed E-state index contributed by atoms with van der Waals surface area (Å²) in [5, 5.41) is 0. The molecule has 3 rings (SSSR count). The summed E-state index contributed by atoms with van der Waals surface area (Å²) in [6, 6.07) is 1.76. The van der Waals surface area contributed by atoms with Crippen LogP contribution in [0.4, 0.5) is 0 Å². The van der Waals surface area contributed by atoms with Crippen LogP contribution in [0.2, 0.25) is 0 Å². The summed E-state index contributed by atoms with van der Waals surface area (Å²) in [7, 11) is 2.09. The first kappa shape index (κ1) is 15.2. The van der Waals surface area contributed by atoms with Crippen LogP contribution >= 0.6 is 0 Å². The monoisotopic (exact) mass is 304 g/mol. The van der Waals surface area contributed by atoms with E-state index in [0.717, 1.165) is 45.3 Å². The number of aromatic nitrogens is 2. The van der Waals surface area contributed by atoms with Gasteiger partial charge in [-0.15, -0.1) is 0 Å². The Bertz CT molecular complexity index is 496. The van der Waals surface area contributed by atoms with Crippen molar-refractivity contribution in [2.75, 3.05) is 33.2 Å². The highest BCUT2D eigenvalue weighted by molar-refractivity contribution is 5.79. The van der Waals surface area contributed by atoms with Gasteiger partial charge in [0.05, 0.1) is 12.5 Å². The van der Waals surface area contributed by atoms with Gasteiger partial charge in [0.25, 0.3) is 0 Å². The fourth-order valence-electron chi connectivity index (χ4n) is 3.38. The lowest BCUT2D eigenvalue weighted by atomic mass is 9.95. The van der Waals surface area contributed by atoms with Crippen molar-refractivity contribution in [3.8, 4) is 5.88 Å². The largest absolute Gasteiger partial charge is 0.472 e. The maximum Gasteiger partial charge on any atom is 0.227 e. The van der Waals surface area contributed by atoms with Crippen LogP contribution in [0, 0.1) is 5.92 Å². The fourth-order valence-corrected chi connectivity index (χ4v) is 3.38. The number of nitrogens with zero attached hydrogens (tertiary/aromatic N) is 4. The van der Waals surface area contributed by atoms with Crippen LogP contribution in [0.3, 0.4) is 0 Å². The van der Waals surface area contributed by atoms with Gasteiger partial charge in [-0.25, -0.2) is 9.97 Å². The molecule has 2 unspecified atom stereocenters. The molecule has 2 fully saturated rings. The highest BCUT2D eigenvalue weighted by atomic mass is 16.5. The zero-order chi connectivity index (χ0) is 15.4. The van der Waals surface area contributed by atoms with E-state index in [1.807, 2.05) is 4.90 Å². The lowest BCUT2D eigenvalue weighted by Gasteiger charge is -2.37. The van der Waals surface area contributed by atoms with Crippen molar-refractivity contribution in [2.24, 2.45) is 5.92 Å². The van der Waals surface area contributed by atoms with E-state index in [9.17, 15) is 4.79 Å². The molecule has 0 aliphatic carbocycles. The Kier molecular flexibility index (Phi) is 4.87. The summed E-state index contributed by atoms with van der Waals surface area (Å²) in [5.41, 5.74) is 0. The fraction of sp³-hybridized carbons (Fsp3) is 0.688. The van der Waals surface area contributed by atoms with Crippen molar-refractivity contribution in [1.29, 1.82) is 0 Å². The smallest absolute Gasteiger partial charge is 0.227 e. The summed E-state index contributed by atoms with van der Waals surface area (Å²) in [6.45, 7) is 3.50. The summed E-state index contributed by atoms with van der Waals surface area (Å²) in [6.07, 6.45) is 7.28. The minimum absolute atomic E-state index is 0.0360. The molecule has 0 radical (unpaired) electrons. The predicted molar refractivity (Wildman–Crippen MR) is 82.5 cm³/mol. The first-order valence-electron chi connectivity index (χ1n) is 8.12. The molecule has 0 bridgehead atoms. The number of ether oxygens (including phenoxy) is 1. The first-order chi connectivity index (χ1) is 10.7. The normalized spacial score (nSPS) is 26.7. The average Bonchev–Trinajstić information content (AvgIpc) is 2.55. The molecule has 22 heavy (non-hydrogen) atoms. The zero-order valence-electron chi connectivity index (χ0n) is 13.1. The van der Waals surface area contributed by atoms with Crippen molar-refractivity contribution >= 4 is 5.91 Å². The molecule has 2 saturated heterocycles. The second kappa shape index (κ2) is 7.05. The maximum absolute atomic E-state index is 12.7. The molecule has 3 heterocycles. The number of carbonyl (C=O) groups excluding carboxylic acids is 1. The molecule has 2 atom stereocenters. The van der Waals surface area contributed by atoms with E-state index < -0.39 is 0 Å². The van der Waals surface area contributed by atoms with Crippen LogP contribution in [0.5, 0.6) is 5.88 Å². The van der Waals surface area contributed by atoms with E-state index in [1.54, 1.807) is 12.3 Å². The molecule has 120 valence electrons. The molecule has 2 aliphatic heterocycles. The lowest BCUT2D eigenvalue weighted by Crippen LogP contribution is -2.49. The Morgan fingerprint density at radius 3 is 2.91 bits per heavy atom. The van der Waals surface area contributed by atoms with E-state index in [4.69, 9.17) is 4.74 Å². The van der Waals surface area contributed by atoms with Crippen LogP contribution in [0.15, 0.2) is 18.6 Å². The minimum atomic E-state index is 0.0360. The van der Waals surface area contributed by atoms with Crippen LogP contribution in [0.25, 0.3) is 0 Å². The molecule has 0 aromatic carbocycles. The third-order valence-corrected chi connectivity index (χ3v) is 4.51. The molecule has 1 aromatic heterocycles. The van der Waals surface area contributed by atoms with Gasteiger partial charge >= 0.3 is 0 Å². The van der Waals surface area contributed by atoms with Gasteiger partial charge in [-0.3, -0.25) is 4.79 Å². The zero-order valence-corrected chi connectivity index (χ0v) is 13.1. The number of piperidine rings is 2. The molecular formula is C16H24N4O2. The van der Waals surface area contributed by atoms with Crippen molar-refractivity contribution in [1.82, 2.24) is 19.8 Å². The minimum Gasteiger partial charge on any atom is -0.472 e. The van der Waals surface area contributed by atoms with Crippen molar-refractivity contribution in [3.63, 3.8) is 0 Å². The van der Waals surface area contributed by atoms with E-state index in [0.29, 0.717) is 18.3 Å². The van der Waals surface area contributed by atoms with Crippen LogP contribution in [-0.2, 0) is 4.79 Å². The Balaban J connectivity index is 1.57. The standard InChI is InChI=1S/C16H24N4O2/c1-19-8-2-4-13(10-19)16(21)20-9-3-5-14(11-20)22-15-6-7-17-12-18-15/h6-7,12-14H,2-5,8-11H2,1H3. The molecule has 6 heteroatoms. The van der Waals surface area contributed by atoms with E-state index in [1.165, 1.54) is 6.33 Å². The first-order valence-corrected chi connectivity index (χ1v) is 8.12. The summed E-state index contributed by atoms with van der Waals surface area (Å²) < 4.78 is 5.89. The summed E-state index contributed by atoms with van der Waals surface area (Å²) >= 11 is 0. The third-order valence-electron chi connectivity index (χ3n) is 4.51. The van der Waals surface area contributed by atoms with Gasteiger partial charge in [0, 0.05) is 25.4 Å². The van der Waals surface area contributed by atoms with Gasteiger partial charge in [0.2, 0.25) is 11.8 Å². The Hall–Kier alpha value is -1.69. The number of hydrogen-bond donors (Lipinski definition) is 0. The van der Waals surface area contributed by atoms with Crippen LogP contribution in [-0.4, -0.2) is 65.0 Å². The number of carbonyl (C=O) groups is 1. The Morgan fingerprint density at radius 2 is 2.14 bits per heavy atom. The Labute approximate surface area is 131 Å². The SMILES string of the molecule is CN1CCCC(C(=O)N2CCCC(Oc3ccncn3)C2)C1. The van der Waals surface area contributed by atoms with Gasteiger partial charge in [-0.2, -0.15) is 0 Å². The topological polar surface area (TPSA) is 58.6 Å². The highest BCUT2D eigenvalue weighted by Gasteiger charge is 2.31. The third kappa shape index (κ3) is 3.74. The highest BCUT2D eigenvalue weighted by Crippen LogP contribution is 2.22. The lowest BCUT2D eigenvalue weighted by molar-refractivity contribution is -0.139. The van der Waals surface area contributed by atoms with Gasteiger partial charge in [-0.1, -0.05) is 0 Å². The van der Waals surface area contributed by atoms with Crippen molar-refractivity contribution in [2.45, 2.75) is 31.8 Å². The second-order valence-electron chi connectivity index (χ2n) is 6.32. The number of hydrogen-bond acceptors (Lipinski definition) is 5. The molecule has 0 N–H and O–H groups in total. The number of amides is 1. The van der Waals surface area contributed by atoms with Crippen LogP contribution in [0.1, 0.15) is 25.7 Å². The van der Waals surface area contributed by atoms with E-state index >= 15 is 0 Å². The summed E-state index contributed by atoms with van der Waals surface area (Å²) in [5.74, 6) is 1.03. The molecule has 1 amide bonds. The van der Waals surface area contributed by atoms with Gasteiger partial charge < -0.3 is 14.5 Å². The predicted octanol–water partition coefficient (Wildman–Crippen LogP) is 1.19. The molecular weight excluding hydrogens is 280 g/mol. The molecule has 0 spiro atoms. The molecule has 0 saturated carbocycles. The van der Waals surface area contributed by atoms with E-state index in [2.05, 4.69) is 21.9 Å². The Morgan fingerprint density at radius 1 is 1.27 bits per heavy atom. The molecule has 2 aliphatic rings. The average molecular weight is 304 g/mol. The maximum atomic E-state index is 12.7. The quantitative estimate of drug-likeness (QED) is 0.839. The van der Waals surface area contributed by atoms with Gasteiger partial charge in [-0.05, 0) is 39.3 Å². The number of likely N-dealkylation sites (tertiary alicyclic amines) is 2. The van der Waals surface area contributed by atoms with E-state index in [-0.39, 0.29) is 12.0 Å². The van der Waals surface area contributed by atoms with Gasteiger partial charge in [0.15, 0.2) is 0 Å². The van der Waals surface area contributed by atoms with Crippen LogP contribution < -0.4 is 4.74 Å². The van der Waals surface area contributed by atoms with Gasteiger partial charge in [0.1, 0.15) is 12.4 Å².